The van der Waals surface area contributed by atoms with Crippen LogP contribution in [0.5, 0.6) is 0 Å². The second-order valence-electron chi connectivity index (χ2n) is 4.25. The highest BCUT2D eigenvalue weighted by Crippen LogP contribution is 2.17. The molecule has 0 bridgehead atoms. The van der Waals surface area contributed by atoms with Crippen molar-refractivity contribution < 1.29 is 4.39 Å². The average molecular weight is 308 g/mol. The van der Waals surface area contributed by atoms with Gasteiger partial charge in [0.2, 0.25) is 0 Å². The van der Waals surface area contributed by atoms with Crippen molar-refractivity contribution in [1.82, 2.24) is 5.32 Å². The number of hydrogen-bond donors (Lipinski definition) is 1. The number of halogens is 2. The van der Waals surface area contributed by atoms with E-state index >= 15 is 0 Å². The van der Waals surface area contributed by atoms with Gasteiger partial charge in [-0.15, -0.1) is 0 Å². The summed E-state index contributed by atoms with van der Waals surface area (Å²) in [6.45, 7) is 2.61. The summed E-state index contributed by atoms with van der Waals surface area (Å²) >= 11 is 3.41. The Hall–Kier alpha value is -1.19. The van der Waals surface area contributed by atoms with E-state index in [1.54, 1.807) is 12.1 Å². The molecule has 0 unspecified atom stereocenters. The van der Waals surface area contributed by atoms with Crippen molar-refractivity contribution in [2.75, 3.05) is 0 Å². The van der Waals surface area contributed by atoms with Gasteiger partial charge >= 0.3 is 0 Å². The highest BCUT2D eigenvalue weighted by molar-refractivity contribution is 9.10. The summed E-state index contributed by atoms with van der Waals surface area (Å²) in [7, 11) is 0. The van der Waals surface area contributed by atoms with Gasteiger partial charge in [-0.1, -0.05) is 46.3 Å². The van der Waals surface area contributed by atoms with Crippen LogP contribution in [-0.4, -0.2) is 0 Å². The number of nitrogens with one attached hydrogen (secondary N) is 1. The van der Waals surface area contributed by atoms with Crippen LogP contribution < -0.4 is 5.32 Å². The van der Waals surface area contributed by atoms with Gasteiger partial charge in [0.15, 0.2) is 0 Å². The first-order valence-electron chi connectivity index (χ1n) is 5.89. The van der Waals surface area contributed by atoms with Crippen molar-refractivity contribution in [2.24, 2.45) is 0 Å². The molecule has 0 fully saturated rings. The van der Waals surface area contributed by atoms with Gasteiger partial charge in [-0.2, -0.15) is 0 Å². The summed E-state index contributed by atoms with van der Waals surface area (Å²) in [4.78, 5) is 0. The Balaban J connectivity index is 1.98. The molecule has 0 aliphatic carbocycles. The smallest absolute Gasteiger partial charge is 0.127 e. The second kappa shape index (κ2) is 6.12. The lowest BCUT2D eigenvalue weighted by Gasteiger charge is -2.14. The minimum atomic E-state index is -0.159. The fourth-order valence-electron chi connectivity index (χ4n) is 1.77. The first-order valence-corrected chi connectivity index (χ1v) is 6.68. The van der Waals surface area contributed by atoms with Gasteiger partial charge in [-0.05, 0) is 30.7 Å². The molecule has 2 rings (SSSR count). The molecule has 0 radical (unpaired) electrons. The minimum Gasteiger partial charge on any atom is -0.306 e. The SMILES string of the molecule is C[C@@H](NCc1ccccc1F)c1ccc(Br)cc1. The van der Waals surface area contributed by atoms with Crippen LogP contribution >= 0.6 is 15.9 Å². The fraction of sp³-hybridized carbons (Fsp3) is 0.200. The van der Waals surface area contributed by atoms with Gasteiger partial charge in [0.1, 0.15) is 5.82 Å². The molecule has 0 spiro atoms. The van der Waals surface area contributed by atoms with Crippen molar-refractivity contribution in [3.63, 3.8) is 0 Å². The van der Waals surface area contributed by atoms with E-state index in [-0.39, 0.29) is 11.9 Å². The van der Waals surface area contributed by atoms with E-state index in [4.69, 9.17) is 0 Å². The molecule has 0 aliphatic rings. The third-order valence-electron chi connectivity index (χ3n) is 2.93. The van der Waals surface area contributed by atoms with Crippen LogP contribution in [0.15, 0.2) is 53.0 Å². The van der Waals surface area contributed by atoms with Crippen LogP contribution in [0.25, 0.3) is 0 Å². The maximum absolute atomic E-state index is 13.4. The number of rotatable bonds is 4. The summed E-state index contributed by atoms with van der Waals surface area (Å²) in [5, 5.41) is 3.32. The van der Waals surface area contributed by atoms with Crippen molar-refractivity contribution >= 4 is 15.9 Å². The van der Waals surface area contributed by atoms with Crippen molar-refractivity contribution in [2.45, 2.75) is 19.5 Å². The normalized spacial score (nSPS) is 12.4. The molecule has 1 N–H and O–H groups in total. The first-order chi connectivity index (χ1) is 8.66. The summed E-state index contributed by atoms with van der Waals surface area (Å²) in [6, 6.07) is 15.2. The van der Waals surface area contributed by atoms with Crippen LogP contribution in [0, 0.1) is 5.82 Å². The summed E-state index contributed by atoms with van der Waals surface area (Å²) in [6.07, 6.45) is 0. The predicted octanol–water partition coefficient (Wildman–Crippen LogP) is 4.44. The summed E-state index contributed by atoms with van der Waals surface area (Å²) in [5.41, 5.74) is 1.89. The molecule has 18 heavy (non-hydrogen) atoms. The molecule has 1 atom stereocenters. The zero-order valence-corrected chi connectivity index (χ0v) is 11.7. The molecular formula is C15H15BrFN. The van der Waals surface area contributed by atoms with Crippen molar-refractivity contribution in [1.29, 1.82) is 0 Å². The lowest BCUT2D eigenvalue weighted by molar-refractivity contribution is 0.544. The van der Waals surface area contributed by atoms with Crippen LogP contribution in [0.2, 0.25) is 0 Å². The Labute approximate surface area is 115 Å². The molecule has 0 aromatic heterocycles. The van der Waals surface area contributed by atoms with Crippen LogP contribution in [-0.2, 0) is 6.54 Å². The third-order valence-corrected chi connectivity index (χ3v) is 3.46. The van der Waals surface area contributed by atoms with E-state index in [1.807, 2.05) is 18.2 Å². The molecule has 0 saturated carbocycles. The Kier molecular flexibility index (Phi) is 4.50. The molecule has 2 aromatic rings. The van der Waals surface area contributed by atoms with Gasteiger partial charge in [-0.25, -0.2) is 4.39 Å². The van der Waals surface area contributed by atoms with E-state index < -0.39 is 0 Å². The summed E-state index contributed by atoms with van der Waals surface area (Å²) in [5.74, 6) is -0.159. The lowest BCUT2D eigenvalue weighted by Crippen LogP contribution is -2.18. The lowest BCUT2D eigenvalue weighted by atomic mass is 10.1. The molecule has 0 heterocycles. The standard InChI is InChI=1S/C15H15BrFN/c1-11(12-6-8-14(16)9-7-12)18-10-13-4-2-3-5-15(13)17/h2-9,11,18H,10H2,1H3/t11-/m1/s1. The highest BCUT2D eigenvalue weighted by Gasteiger charge is 2.06. The average Bonchev–Trinajstić information content (AvgIpc) is 2.38. The van der Waals surface area contributed by atoms with E-state index in [0.29, 0.717) is 12.1 Å². The second-order valence-corrected chi connectivity index (χ2v) is 5.16. The Bertz CT molecular complexity index is 510. The van der Waals surface area contributed by atoms with Crippen molar-refractivity contribution in [3.8, 4) is 0 Å². The van der Waals surface area contributed by atoms with Gasteiger partial charge in [0, 0.05) is 22.6 Å². The maximum atomic E-state index is 13.4. The molecule has 0 aliphatic heterocycles. The van der Waals surface area contributed by atoms with Crippen LogP contribution in [0.4, 0.5) is 4.39 Å². The van der Waals surface area contributed by atoms with E-state index in [1.165, 1.54) is 11.6 Å². The predicted molar refractivity (Wildman–Crippen MR) is 75.8 cm³/mol. The molecule has 0 saturated heterocycles. The fourth-order valence-corrected chi connectivity index (χ4v) is 2.04. The molecule has 2 aromatic carbocycles. The molecular weight excluding hydrogens is 293 g/mol. The molecule has 3 heteroatoms. The van der Waals surface area contributed by atoms with E-state index in [2.05, 4.69) is 40.3 Å². The number of benzene rings is 2. The van der Waals surface area contributed by atoms with Gasteiger partial charge < -0.3 is 5.32 Å². The van der Waals surface area contributed by atoms with E-state index in [0.717, 1.165) is 4.47 Å². The maximum Gasteiger partial charge on any atom is 0.127 e. The Morgan fingerprint density at radius 1 is 1.11 bits per heavy atom. The molecule has 94 valence electrons. The zero-order chi connectivity index (χ0) is 13.0. The molecule has 0 amide bonds. The Morgan fingerprint density at radius 2 is 1.78 bits per heavy atom. The topological polar surface area (TPSA) is 12.0 Å². The quantitative estimate of drug-likeness (QED) is 0.880. The van der Waals surface area contributed by atoms with Crippen molar-refractivity contribution in [3.05, 3.63) is 69.9 Å². The minimum absolute atomic E-state index is 0.159. The highest BCUT2D eigenvalue weighted by atomic mass is 79.9. The molecule has 1 nitrogen and oxygen atoms in total. The van der Waals surface area contributed by atoms with Crippen LogP contribution in [0.3, 0.4) is 0 Å². The monoisotopic (exact) mass is 307 g/mol. The number of hydrogen-bond acceptors (Lipinski definition) is 1. The zero-order valence-electron chi connectivity index (χ0n) is 10.2. The Morgan fingerprint density at radius 3 is 2.44 bits per heavy atom. The third kappa shape index (κ3) is 3.40. The van der Waals surface area contributed by atoms with Gasteiger partial charge in [0.05, 0.1) is 0 Å². The largest absolute Gasteiger partial charge is 0.306 e. The van der Waals surface area contributed by atoms with E-state index in [9.17, 15) is 4.39 Å². The first kappa shape index (κ1) is 13.2. The van der Waals surface area contributed by atoms with Crippen LogP contribution in [0.1, 0.15) is 24.1 Å². The van der Waals surface area contributed by atoms with Gasteiger partial charge in [0.25, 0.3) is 0 Å². The van der Waals surface area contributed by atoms with Gasteiger partial charge in [-0.3, -0.25) is 0 Å². The summed E-state index contributed by atoms with van der Waals surface area (Å²) < 4.78 is 14.5.